The maximum Gasteiger partial charge on any atom is 0.268 e. The Morgan fingerprint density at radius 2 is 1.66 bits per heavy atom. The van der Waals surface area contributed by atoms with Crippen molar-refractivity contribution >= 4 is 20.9 Å². The highest BCUT2D eigenvalue weighted by Gasteiger charge is 2.27. The smallest absolute Gasteiger partial charge is 0.268 e. The highest BCUT2D eigenvalue weighted by atomic mass is 32.2. The number of nitrogens with zero attached hydrogens (tertiary/aromatic N) is 1. The molecule has 0 saturated heterocycles. The molecule has 7 heteroatoms. The van der Waals surface area contributed by atoms with Crippen molar-refractivity contribution in [2.24, 2.45) is 5.73 Å². The van der Waals surface area contributed by atoms with Crippen molar-refractivity contribution in [1.82, 2.24) is 3.97 Å². The number of rotatable bonds is 5. The van der Waals surface area contributed by atoms with E-state index in [1.54, 1.807) is 36.4 Å². The van der Waals surface area contributed by atoms with Gasteiger partial charge in [0.2, 0.25) is 0 Å². The molecule has 1 aromatic heterocycles. The number of ether oxygens (including phenoxy) is 1. The predicted molar refractivity (Wildman–Crippen MR) is 110 cm³/mol. The van der Waals surface area contributed by atoms with E-state index in [-0.39, 0.29) is 4.90 Å². The van der Waals surface area contributed by atoms with Gasteiger partial charge in [0.15, 0.2) is 0 Å². The molecule has 2 N–H and O–H groups in total. The summed E-state index contributed by atoms with van der Waals surface area (Å²) >= 11 is 0. The molecule has 4 rings (SSSR count). The fraction of sp³-hybridized carbons (Fsp3) is 0.0909. The average Bonchev–Trinajstić information content (AvgIpc) is 3.14. The van der Waals surface area contributed by atoms with Gasteiger partial charge in [-0.25, -0.2) is 16.8 Å². The molecule has 0 bridgehead atoms. The van der Waals surface area contributed by atoms with Gasteiger partial charge in [-0.2, -0.15) is 0 Å². The Labute approximate surface area is 168 Å². The molecule has 0 aliphatic rings. The second kappa shape index (κ2) is 7.35. The Morgan fingerprint density at radius 3 is 2.38 bits per heavy atom. The highest BCUT2D eigenvalue weighted by Crippen LogP contribution is 2.34. The minimum atomic E-state index is -3.93. The van der Waals surface area contributed by atoms with Crippen LogP contribution in [0, 0.1) is 5.82 Å². The minimum absolute atomic E-state index is 0.140. The number of hydrogen-bond donors (Lipinski definition) is 1. The topological polar surface area (TPSA) is 74.3 Å². The van der Waals surface area contributed by atoms with Crippen molar-refractivity contribution < 1.29 is 17.5 Å². The number of methoxy groups -OCH3 is 1. The van der Waals surface area contributed by atoms with E-state index in [1.165, 1.54) is 41.4 Å². The van der Waals surface area contributed by atoms with E-state index >= 15 is 0 Å². The maximum atomic E-state index is 13.9. The molecule has 29 heavy (non-hydrogen) atoms. The van der Waals surface area contributed by atoms with Gasteiger partial charge in [0.05, 0.1) is 29.3 Å². The minimum Gasteiger partial charge on any atom is -0.496 e. The number of nitrogens with two attached hydrogens (primary N) is 1. The molecule has 0 saturated carbocycles. The van der Waals surface area contributed by atoms with Gasteiger partial charge in [0.1, 0.15) is 11.6 Å². The molecule has 0 aliphatic heterocycles. The quantitative estimate of drug-likeness (QED) is 0.538. The monoisotopic (exact) mass is 410 g/mol. The molecule has 0 spiro atoms. The van der Waals surface area contributed by atoms with Gasteiger partial charge < -0.3 is 10.5 Å². The number of halogens is 1. The Bertz CT molecular complexity index is 1280. The molecule has 1 heterocycles. The summed E-state index contributed by atoms with van der Waals surface area (Å²) in [5, 5.41) is 0.716. The third kappa shape index (κ3) is 3.28. The molecule has 0 fully saturated rings. The normalized spacial score (nSPS) is 12.8. The lowest BCUT2D eigenvalue weighted by molar-refractivity contribution is 0.406. The van der Waals surface area contributed by atoms with Crippen molar-refractivity contribution in [2.75, 3.05) is 7.11 Å². The molecular formula is C22H19FN2O3S. The van der Waals surface area contributed by atoms with Crippen molar-refractivity contribution in [3.8, 4) is 5.75 Å². The van der Waals surface area contributed by atoms with Crippen LogP contribution in [0.2, 0.25) is 0 Å². The maximum absolute atomic E-state index is 13.9. The first-order chi connectivity index (χ1) is 13.9. The fourth-order valence-corrected chi connectivity index (χ4v) is 5.02. The highest BCUT2D eigenvalue weighted by molar-refractivity contribution is 7.90. The second-order valence-electron chi connectivity index (χ2n) is 6.57. The third-order valence-corrected chi connectivity index (χ3v) is 6.58. The van der Waals surface area contributed by atoms with Crippen LogP contribution in [0.15, 0.2) is 83.8 Å². The number of benzene rings is 3. The van der Waals surface area contributed by atoms with E-state index in [2.05, 4.69) is 0 Å². The molecule has 0 aliphatic carbocycles. The number of fused-ring (bicyclic) bond motifs is 1. The third-order valence-electron chi connectivity index (χ3n) is 4.82. The zero-order valence-corrected chi connectivity index (χ0v) is 16.4. The van der Waals surface area contributed by atoms with Crippen LogP contribution < -0.4 is 10.5 Å². The lowest BCUT2D eigenvalue weighted by Crippen LogP contribution is -2.22. The predicted octanol–water partition coefficient (Wildman–Crippen LogP) is 4.07. The van der Waals surface area contributed by atoms with Gasteiger partial charge in [-0.3, -0.25) is 0 Å². The molecule has 0 radical (unpaired) electrons. The van der Waals surface area contributed by atoms with Crippen molar-refractivity contribution in [3.05, 3.63) is 95.9 Å². The van der Waals surface area contributed by atoms with Crippen LogP contribution >= 0.6 is 0 Å². The molecule has 5 nitrogen and oxygen atoms in total. The second-order valence-corrected chi connectivity index (χ2v) is 8.36. The summed E-state index contributed by atoms with van der Waals surface area (Å²) in [6.07, 6.45) is 0. The van der Waals surface area contributed by atoms with E-state index in [1.807, 2.05) is 12.1 Å². The van der Waals surface area contributed by atoms with E-state index in [4.69, 9.17) is 10.5 Å². The van der Waals surface area contributed by atoms with Gasteiger partial charge in [-0.05, 0) is 42.5 Å². The van der Waals surface area contributed by atoms with Gasteiger partial charge in [-0.1, -0.05) is 36.4 Å². The van der Waals surface area contributed by atoms with Crippen LogP contribution in [-0.4, -0.2) is 19.5 Å². The summed E-state index contributed by atoms with van der Waals surface area (Å²) in [4.78, 5) is 0.140. The van der Waals surface area contributed by atoms with Crippen LogP contribution in [0.3, 0.4) is 0 Å². The molecule has 0 unspecified atom stereocenters. The van der Waals surface area contributed by atoms with E-state index in [9.17, 15) is 12.8 Å². The first kappa shape index (κ1) is 19.2. The summed E-state index contributed by atoms with van der Waals surface area (Å²) in [7, 11) is -2.48. The largest absolute Gasteiger partial charge is 0.496 e. The molecule has 3 aromatic carbocycles. The van der Waals surface area contributed by atoms with Gasteiger partial charge in [0, 0.05) is 10.9 Å². The Hall–Kier alpha value is -3.16. The number of hydrogen-bond acceptors (Lipinski definition) is 4. The Balaban J connectivity index is 2.00. The van der Waals surface area contributed by atoms with Crippen LogP contribution in [0.1, 0.15) is 17.3 Å². The van der Waals surface area contributed by atoms with Gasteiger partial charge >= 0.3 is 0 Å². The zero-order chi connectivity index (χ0) is 20.6. The Kier molecular flexibility index (Phi) is 4.86. The summed E-state index contributed by atoms with van der Waals surface area (Å²) in [6, 6.07) is 20.0. The lowest BCUT2D eigenvalue weighted by atomic mass is 10.0. The van der Waals surface area contributed by atoms with Crippen LogP contribution in [0.4, 0.5) is 4.39 Å². The fourth-order valence-electron chi connectivity index (χ4n) is 3.44. The van der Waals surface area contributed by atoms with Gasteiger partial charge in [0.25, 0.3) is 10.0 Å². The van der Waals surface area contributed by atoms with E-state index < -0.39 is 21.9 Å². The zero-order valence-electron chi connectivity index (χ0n) is 15.6. The summed E-state index contributed by atoms with van der Waals surface area (Å²) in [5.74, 6) is -0.0994. The Morgan fingerprint density at radius 1 is 0.966 bits per heavy atom. The van der Waals surface area contributed by atoms with E-state index in [0.717, 1.165) is 0 Å². The molecule has 1 atom stereocenters. The molecule has 148 valence electrons. The van der Waals surface area contributed by atoms with Crippen molar-refractivity contribution in [2.45, 2.75) is 10.9 Å². The molecule has 0 amide bonds. The van der Waals surface area contributed by atoms with Crippen LogP contribution in [0.25, 0.3) is 10.9 Å². The first-order valence-corrected chi connectivity index (χ1v) is 10.4. The van der Waals surface area contributed by atoms with Crippen molar-refractivity contribution in [3.63, 3.8) is 0 Å². The van der Waals surface area contributed by atoms with Crippen LogP contribution in [-0.2, 0) is 10.0 Å². The standard InChI is InChI=1S/C22H19FN2O3S/c1-28-21-12-11-16(23)14-18(21)22(24)20-13-15-7-5-6-10-19(15)25(20)29(26,27)17-8-3-2-4-9-17/h2-14,22H,24H2,1H3/t22-/m1/s1. The van der Waals surface area contributed by atoms with Crippen LogP contribution in [0.5, 0.6) is 5.75 Å². The number of aromatic nitrogens is 1. The first-order valence-electron chi connectivity index (χ1n) is 8.93. The number of para-hydroxylation sites is 1. The molecular weight excluding hydrogens is 391 g/mol. The van der Waals surface area contributed by atoms with Crippen molar-refractivity contribution in [1.29, 1.82) is 0 Å². The summed E-state index contributed by atoms with van der Waals surface area (Å²) in [5.41, 5.74) is 7.65. The van der Waals surface area contributed by atoms with Gasteiger partial charge in [-0.15, -0.1) is 0 Å². The summed E-state index contributed by atoms with van der Waals surface area (Å²) in [6.45, 7) is 0. The summed E-state index contributed by atoms with van der Waals surface area (Å²) < 4.78 is 47.5. The average molecular weight is 410 g/mol. The molecule has 4 aromatic rings. The SMILES string of the molecule is COc1ccc(F)cc1[C@@H](N)c1cc2ccccc2n1S(=O)(=O)c1ccccc1. The van der Waals surface area contributed by atoms with E-state index in [0.29, 0.717) is 27.9 Å². The lowest BCUT2D eigenvalue weighted by Gasteiger charge is -2.19.